The second-order valence-electron chi connectivity index (χ2n) is 5.45. The Morgan fingerprint density at radius 1 is 1.10 bits per heavy atom. The van der Waals surface area contributed by atoms with E-state index in [0.717, 1.165) is 19.3 Å². The number of rotatable bonds is 2. The van der Waals surface area contributed by atoms with Crippen molar-refractivity contribution in [3.63, 3.8) is 0 Å². The van der Waals surface area contributed by atoms with Crippen LogP contribution in [0.3, 0.4) is 0 Å². The van der Waals surface area contributed by atoms with Crippen LogP contribution in [-0.2, 0) is 9.53 Å². The Bertz CT molecular complexity index is 494. The highest BCUT2D eigenvalue weighted by Crippen LogP contribution is 2.16. The molecule has 0 radical (unpaired) electrons. The SMILES string of the molecule is O=C(c1ccco1)N1CCCN(C(=O)C2CCCO2)CC1. The third kappa shape index (κ3) is 3.10. The molecule has 2 amide bonds. The number of ether oxygens (including phenoxy) is 1. The summed E-state index contributed by atoms with van der Waals surface area (Å²) in [5.74, 6) is 0.320. The first kappa shape index (κ1) is 14.1. The van der Waals surface area contributed by atoms with Crippen LogP contribution in [0.25, 0.3) is 0 Å². The number of amides is 2. The number of carbonyl (C=O) groups is 2. The van der Waals surface area contributed by atoms with Gasteiger partial charge in [0, 0.05) is 32.8 Å². The Kier molecular flexibility index (Phi) is 4.24. The second-order valence-corrected chi connectivity index (χ2v) is 5.45. The van der Waals surface area contributed by atoms with E-state index in [1.165, 1.54) is 6.26 Å². The molecule has 1 atom stereocenters. The van der Waals surface area contributed by atoms with Crippen molar-refractivity contribution in [1.29, 1.82) is 0 Å². The highest BCUT2D eigenvalue weighted by atomic mass is 16.5. The molecule has 2 saturated heterocycles. The molecule has 0 bridgehead atoms. The van der Waals surface area contributed by atoms with Crippen molar-refractivity contribution < 1.29 is 18.7 Å². The Balaban J connectivity index is 1.59. The molecular weight excluding hydrogens is 272 g/mol. The molecule has 3 rings (SSSR count). The van der Waals surface area contributed by atoms with E-state index in [1.807, 2.05) is 4.90 Å². The van der Waals surface area contributed by atoms with E-state index in [9.17, 15) is 9.59 Å². The first-order valence-corrected chi connectivity index (χ1v) is 7.49. The van der Waals surface area contributed by atoms with Gasteiger partial charge < -0.3 is 19.0 Å². The zero-order chi connectivity index (χ0) is 14.7. The smallest absolute Gasteiger partial charge is 0.289 e. The molecule has 3 heterocycles. The van der Waals surface area contributed by atoms with Gasteiger partial charge in [0.15, 0.2) is 5.76 Å². The Morgan fingerprint density at radius 3 is 2.62 bits per heavy atom. The van der Waals surface area contributed by atoms with Crippen molar-refractivity contribution in [2.45, 2.75) is 25.4 Å². The molecule has 0 spiro atoms. The van der Waals surface area contributed by atoms with Crippen LogP contribution in [0.1, 0.15) is 29.8 Å². The summed E-state index contributed by atoms with van der Waals surface area (Å²) >= 11 is 0. The number of hydrogen-bond donors (Lipinski definition) is 0. The van der Waals surface area contributed by atoms with Gasteiger partial charge in [-0.25, -0.2) is 0 Å². The standard InChI is InChI=1S/C15H20N2O4/c18-14(12-4-1-10-20-12)16-6-3-7-17(9-8-16)15(19)13-5-2-11-21-13/h1,4,10,13H,2-3,5-9,11H2. The molecule has 1 unspecified atom stereocenters. The quantitative estimate of drug-likeness (QED) is 0.820. The lowest BCUT2D eigenvalue weighted by Crippen LogP contribution is -2.41. The van der Waals surface area contributed by atoms with Gasteiger partial charge in [-0.2, -0.15) is 0 Å². The van der Waals surface area contributed by atoms with Crippen LogP contribution in [0.2, 0.25) is 0 Å². The largest absolute Gasteiger partial charge is 0.459 e. The van der Waals surface area contributed by atoms with Crippen LogP contribution in [0.4, 0.5) is 0 Å². The normalized spacial score (nSPS) is 23.1. The van der Waals surface area contributed by atoms with Gasteiger partial charge >= 0.3 is 0 Å². The fraction of sp³-hybridized carbons (Fsp3) is 0.600. The van der Waals surface area contributed by atoms with Gasteiger partial charge in [0.05, 0.1) is 6.26 Å². The van der Waals surface area contributed by atoms with Gasteiger partial charge in [-0.3, -0.25) is 9.59 Å². The molecule has 0 N–H and O–H groups in total. The maximum absolute atomic E-state index is 12.3. The van der Waals surface area contributed by atoms with Gasteiger partial charge in [-0.1, -0.05) is 0 Å². The number of carbonyl (C=O) groups excluding carboxylic acids is 2. The highest BCUT2D eigenvalue weighted by molar-refractivity contribution is 5.91. The van der Waals surface area contributed by atoms with E-state index in [4.69, 9.17) is 9.15 Å². The lowest BCUT2D eigenvalue weighted by Gasteiger charge is -2.24. The van der Waals surface area contributed by atoms with Crippen LogP contribution in [0, 0.1) is 0 Å². The van der Waals surface area contributed by atoms with Crippen molar-refractivity contribution in [1.82, 2.24) is 9.80 Å². The molecule has 21 heavy (non-hydrogen) atoms. The predicted octanol–water partition coefficient (Wildman–Crippen LogP) is 1.13. The molecule has 6 nitrogen and oxygen atoms in total. The summed E-state index contributed by atoms with van der Waals surface area (Å²) in [7, 11) is 0. The summed E-state index contributed by atoms with van der Waals surface area (Å²) in [6.07, 6.45) is 3.76. The minimum Gasteiger partial charge on any atom is -0.459 e. The van der Waals surface area contributed by atoms with E-state index >= 15 is 0 Å². The third-order valence-corrected chi connectivity index (χ3v) is 4.03. The minimum atomic E-state index is -0.280. The van der Waals surface area contributed by atoms with Crippen LogP contribution in [0.5, 0.6) is 0 Å². The summed E-state index contributed by atoms with van der Waals surface area (Å²) in [6.45, 7) is 3.10. The van der Waals surface area contributed by atoms with Crippen LogP contribution < -0.4 is 0 Å². The number of hydrogen-bond acceptors (Lipinski definition) is 4. The Hall–Kier alpha value is -1.82. The lowest BCUT2D eigenvalue weighted by molar-refractivity contribution is -0.140. The molecular formula is C15H20N2O4. The van der Waals surface area contributed by atoms with Crippen molar-refractivity contribution in [3.8, 4) is 0 Å². The molecule has 0 aliphatic carbocycles. The molecule has 2 aliphatic rings. The summed E-state index contributed by atoms with van der Waals surface area (Å²) in [4.78, 5) is 28.2. The molecule has 2 fully saturated rings. The number of nitrogens with zero attached hydrogens (tertiary/aromatic N) is 2. The minimum absolute atomic E-state index is 0.0693. The van der Waals surface area contributed by atoms with E-state index < -0.39 is 0 Å². The summed E-state index contributed by atoms with van der Waals surface area (Å²) in [5, 5.41) is 0. The maximum atomic E-state index is 12.3. The van der Waals surface area contributed by atoms with Crippen molar-refractivity contribution in [2.75, 3.05) is 32.8 Å². The molecule has 6 heteroatoms. The molecule has 2 aliphatic heterocycles. The molecule has 0 aromatic carbocycles. The molecule has 1 aromatic heterocycles. The first-order chi connectivity index (χ1) is 10.3. The zero-order valence-corrected chi connectivity index (χ0v) is 12.0. The van der Waals surface area contributed by atoms with E-state index in [-0.39, 0.29) is 17.9 Å². The topological polar surface area (TPSA) is 63.0 Å². The van der Waals surface area contributed by atoms with Crippen LogP contribution in [-0.4, -0.2) is 60.5 Å². The van der Waals surface area contributed by atoms with Crippen LogP contribution in [0.15, 0.2) is 22.8 Å². The van der Waals surface area contributed by atoms with Crippen LogP contribution >= 0.6 is 0 Å². The second kappa shape index (κ2) is 6.30. The lowest BCUT2D eigenvalue weighted by atomic mass is 10.2. The fourth-order valence-corrected chi connectivity index (χ4v) is 2.87. The summed E-state index contributed by atoms with van der Waals surface area (Å²) in [6, 6.07) is 3.38. The van der Waals surface area contributed by atoms with Gasteiger partial charge in [0.2, 0.25) is 0 Å². The van der Waals surface area contributed by atoms with Gasteiger partial charge in [-0.05, 0) is 31.4 Å². The average molecular weight is 292 g/mol. The number of furan rings is 1. The fourth-order valence-electron chi connectivity index (χ4n) is 2.87. The summed E-state index contributed by atoms with van der Waals surface area (Å²) in [5.41, 5.74) is 0. The van der Waals surface area contributed by atoms with Crippen molar-refractivity contribution >= 4 is 11.8 Å². The van der Waals surface area contributed by atoms with E-state index in [2.05, 4.69) is 0 Å². The maximum Gasteiger partial charge on any atom is 0.289 e. The first-order valence-electron chi connectivity index (χ1n) is 7.49. The molecule has 0 saturated carbocycles. The molecule has 1 aromatic rings. The van der Waals surface area contributed by atoms with Gasteiger partial charge in [0.25, 0.3) is 11.8 Å². The highest BCUT2D eigenvalue weighted by Gasteiger charge is 2.30. The van der Waals surface area contributed by atoms with E-state index in [0.29, 0.717) is 38.5 Å². The Morgan fingerprint density at radius 2 is 1.90 bits per heavy atom. The molecule has 114 valence electrons. The predicted molar refractivity (Wildman–Crippen MR) is 74.8 cm³/mol. The average Bonchev–Trinajstić information content (AvgIpc) is 3.15. The Labute approximate surface area is 123 Å². The third-order valence-electron chi connectivity index (χ3n) is 4.03. The van der Waals surface area contributed by atoms with Gasteiger partial charge in [-0.15, -0.1) is 0 Å². The van der Waals surface area contributed by atoms with E-state index in [1.54, 1.807) is 17.0 Å². The van der Waals surface area contributed by atoms with Crippen molar-refractivity contribution in [2.24, 2.45) is 0 Å². The summed E-state index contributed by atoms with van der Waals surface area (Å²) < 4.78 is 10.6. The zero-order valence-electron chi connectivity index (χ0n) is 12.0. The van der Waals surface area contributed by atoms with Gasteiger partial charge in [0.1, 0.15) is 6.10 Å². The van der Waals surface area contributed by atoms with Crippen molar-refractivity contribution in [3.05, 3.63) is 24.2 Å². The monoisotopic (exact) mass is 292 g/mol.